The van der Waals surface area contributed by atoms with Crippen molar-refractivity contribution in [3.05, 3.63) is 70.3 Å². The van der Waals surface area contributed by atoms with Gasteiger partial charge in [-0.05, 0) is 25.1 Å². The third-order valence-corrected chi connectivity index (χ3v) is 4.90. The molecule has 0 radical (unpaired) electrons. The van der Waals surface area contributed by atoms with Crippen molar-refractivity contribution < 1.29 is 18.0 Å². The fourth-order valence-corrected chi connectivity index (χ4v) is 3.27. The van der Waals surface area contributed by atoms with Crippen LogP contribution in [0.25, 0.3) is 16.9 Å². The summed E-state index contributed by atoms with van der Waals surface area (Å²) in [5.41, 5.74) is 0.774. The normalized spacial score (nSPS) is 11.8. The summed E-state index contributed by atoms with van der Waals surface area (Å²) in [6, 6.07) is 8.38. The van der Waals surface area contributed by atoms with Gasteiger partial charge in [-0.15, -0.1) is 0 Å². The van der Waals surface area contributed by atoms with E-state index in [0.717, 1.165) is 17.3 Å². The molecule has 0 unspecified atom stereocenters. The zero-order chi connectivity index (χ0) is 22.3. The van der Waals surface area contributed by atoms with E-state index in [-0.39, 0.29) is 23.6 Å². The Hall–Kier alpha value is -3.40. The van der Waals surface area contributed by atoms with Crippen LogP contribution in [0, 0.1) is 6.92 Å². The molecule has 1 N–H and O–H groups in total. The molecule has 0 saturated carbocycles. The molecule has 3 heterocycles. The maximum absolute atomic E-state index is 13.7. The summed E-state index contributed by atoms with van der Waals surface area (Å²) in [6.45, 7) is 1.96. The molecule has 0 fully saturated rings. The van der Waals surface area contributed by atoms with Gasteiger partial charge in [0.15, 0.2) is 17.0 Å². The maximum atomic E-state index is 13.7. The van der Waals surface area contributed by atoms with Crippen LogP contribution in [-0.2, 0) is 19.8 Å². The molecule has 0 aliphatic heterocycles. The molecule has 3 aromatic heterocycles. The number of aromatic nitrogens is 5. The van der Waals surface area contributed by atoms with Crippen LogP contribution in [0.15, 0.2) is 42.6 Å². The summed E-state index contributed by atoms with van der Waals surface area (Å²) in [5, 5.41) is 11.1. The first kappa shape index (κ1) is 20.9. The van der Waals surface area contributed by atoms with Gasteiger partial charge in [0.2, 0.25) is 0 Å². The number of rotatable bonds is 4. The molecular formula is C20H16ClF3N6O. The van der Waals surface area contributed by atoms with Gasteiger partial charge in [0, 0.05) is 42.0 Å². The van der Waals surface area contributed by atoms with E-state index in [2.05, 4.69) is 20.5 Å². The van der Waals surface area contributed by atoms with Gasteiger partial charge in [0.05, 0.1) is 11.4 Å². The SMILES string of the molecule is Cc1nn(C)cc1CNC(=O)c1cc2nc(-c3ccc(Cl)cc3)cc(C(F)(F)F)n2n1. The topological polar surface area (TPSA) is 77.1 Å². The molecular weight excluding hydrogens is 433 g/mol. The maximum Gasteiger partial charge on any atom is 0.433 e. The lowest BCUT2D eigenvalue weighted by Gasteiger charge is -2.11. The predicted octanol–water partition coefficient (Wildman–Crippen LogP) is 4.04. The first-order valence-corrected chi connectivity index (χ1v) is 9.51. The minimum atomic E-state index is -4.70. The third kappa shape index (κ3) is 4.24. The Bertz CT molecular complexity index is 1280. The lowest BCUT2D eigenvalue weighted by Crippen LogP contribution is -2.23. The molecule has 7 nitrogen and oxygen atoms in total. The number of nitrogens with zero attached hydrogens (tertiary/aromatic N) is 5. The number of halogens is 4. The highest BCUT2D eigenvalue weighted by molar-refractivity contribution is 6.30. The molecule has 0 atom stereocenters. The van der Waals surface area contributed by atoms with Gasteiger partial charge >= 0.3 is 6.18 Å². The van der Waals surface area contributed by atoms with Crippen molar-refractivity contribution in [2.75, 3.05) is 0 Å². The summed E-state index contributed by atoms with van der Waals surface area (Å²) in [5.74, 6) is -0.616. The largest absolute Gasteiger partial charge is 0.433 e. The van der Waals surface area contributed by atoms with Crippen molar-refractivity contribution in [3.63, 3.8) is 0 Å². The summed E-state index contributed by atoms with van der Waals surface area (Å²) >= 11 is 5.86. The van der Waals surface area contributed by atoms with E-state index in [0.29, 0.717) is 15.1 Å². The molecule has 0 aliphatic carbocycles. The van der Waals surface area contributed by atoms with E-state index in [1.165, 1.54) is 6.07 Å². The zero-order valence-electron chi connectivity index (χ0n) is 16.4. The second-order valence-electron chi connectivity index (χ2n) is 6.93. The Labute approximate surface area is 179 Å². The quantitative estimate of drug-likeness (QED) is 0.511. The van der Waals surface area contributed by atoms with Crippen molar-refractivity contribution in [2.45, 2.75) is 19.6 Å². The number of benzene rings is 1. The Morgan fingerprint density at radius 3 is 2.48 bits per heavy atom. The predicted molar refractivity (Wildman–Crippen MR) is 108 cm³/mol. The number of alkyl halides is 3. The first-order chi connectivity index (χ1) is 14.6. The van der Waals surface area contributed by atoms with Crippen LogP contribution in [0.2, 0.25) is 5.02 Å². The van der Waals surface area contributed by atoms with Crippen LogP contribution >= 0.6 is 11.6 Å². The Balaban J connectivity index is 1.70. The molecule has 160 valence electrons. The van der Waals surface area contributed by atoms with Gasteiger partial charge in [0.25, 0.3) is 5.91 Å². The summed E-state index contributed by atoms with van der Waals surface area (Å²) in [4.78, 5) is 16.8. The van der Waals surface area contributed by atoms with Gasteiger partial charge in [-0.1, -0.05) is 23.7 Å². The van der Waals surface area contributed by atoms with E-state index < -0.39 is 17.8 Å². The average Bonchev–Trinajstić information content (AvgIpc) is 3.27. The van der Waals surface area contributed by atoms with Crippen LogP contribution in [0.1, 0.15) is 27.4 Å². The first-order valence-electron chi connectivity index (χ1n) is 9.13. The van der Waals surface area contributed by atoms with Gasteiger partial charge in [-0.2, -0.15) is 23.4 Å². The highest BCUT2D eigenvalue weighted by Crippen LogP contribution is 2.32. The van der Waals surface area contributed by atoms with Crippen molar-refractivity contribution in [1.29, 1.82) is 0 Å². The number of carbonyl (C=O) groups excluding carboxylic acids is 1. The number of fused-ring (bicyclic) bond motifs is 1. The molecule has 4 aromatic rings. The van der Waals surface area contributed by atoms with E-state index >= 15 is 0 Å². The van der Waals surface area contributed by atoms with E-state index in [1.54, 1.807) is 49.1 Å². The van der Waals surface area contributed by atoms with Crippen LogP contribution < -0.4 is 5.32 Å². The molecule has 0 spiro atoms. The number of hydrogen-bond donors (Lipinski definition) is 1. The van der Waals surface area contributed by atoms with Crippen LogP contribution in [0.4, 0.5) is 13.2 Å². The Kier molecular flexibility index (Phi) is 5.18. The monoisotopic (exact) mass is 448 g/mol. The number of aryl methyl sites for hydroxylation is 2. The molecule has 31 heavy (non-hydrogen) atoms. The molecule has 4 rings (SSSR count). The van der Waals surface area contributed by atoms with Crippen molar-refractivity contribution >= 4 is 23.2 Å². The van der Waals surface area contributed by atoms with Gasteiger partial charge < -0.3 is 5.32 Å². The number of amides is 1. The molecule has 0 bridgehead atoms. The Morgan fingerprint density at radius 1 is 1.16 bits per heavy atom. The number of hydrogen-bond acceptors (Lipinski definition) is 4. The smallest absolute Gasteiger partial charge is 0.346 e. The van der Waals surface area contributed by atoms with Gasteiger partial charge in [0.1, 0.15) is 0 Å². The second kappa shape index (κ2) is 7.69. The fourth-order valence-electron chi connectivity index (χ4n) is 3.14. The van der Waals surface area contributed by atoms with Crippen molar-refractivity contribution in [1.82, 2.24) is 29.7 Å². The molecule has 1 amide bonds. The summed E-state index contributed by atoms with van der Waals surface area (Å²) < 4.78 is 43.3. The average molecular weight is 449 g/mol. The highest BCUT2D eigenvalue weighted by Gasteiger charge is 2.35. The summed E-state index contributed by atoms with van der Waals surface area (Å²) in [6.07, 6.45) is -2.95. The van der Waals surface area contributed by atoms with Crippen molar-refractivity contribution in [3.8, 4) is 11.3 Å². The van der Waals surface area contributed by atoms with Gasteiger partial charge in [-0.3, -0.25) is 9.48 Å². The van der Waals surface area contributed by atoms with E-state index in [9.17, 15) is 18.0 Å². The Morgan fingerprint density at radius 2 is 1.87 bits per heavy atom. The minimum Gasteiger partial charge on any atom is -0.346 e. The van der Waals surface area contributed by atoms with Gasteiger partial charge in [-0.25, -0.2) is 9.50 Å². The third-order valence-electron chi connectivity index (χ3n) is 4.64. The lowest BCUT2D eigenvalue weighted by atomic mass is 10.1. The van der Waals surface area contributed by atoms with E-state index in [1.807, 2.05) is 0 Å². The molecule has 0 saturated heterocycles. The molecule has 11 heteroatoms. The van der Waals surface area contributed by atoms with Crippen LogP contribution in [-0.4, -0.2) is 30.3 Å². The van der Waals surface area contributed by atoms with Crippen LogP contribution in [0.5, 0.6) is 0 Å². The molecule has 0 aliphatic rings. The zero-order valence-corrected chi connectivity index (χ0v) is 17.2. The minimum absolute atomic E-state index is 0.0920. The molecule has 1 aromatic carbocycles. The highest BCUT2D eigenvalue weighted by atomic mass is 35.5. The van der Waals surface area contributed by atoms with Crippen LogP contribution in [0.3, 0.4) is 0 Å². The standard InChI is InChI=1S/C20H16ClF3N6O/c1-11-13(10-29(2)27-11)9-25-19(31)16-8-18-26-15(12-3-5-14(21)6-4-12)7-17(20(22,23)24)30(18)28-16/h3-8,10H,9H2,1-2H3,(H,25,31). The lowest BCUT2D eigenvalue weighted by molar-refractivity contribution is -0.142. The van der Waals surface area contributed by atoms with Crippen molar-refractivity contribution in [2.24, 2.45) is 7.05 Å². The number of nitrogens with one attached hydrogen (secondary N) is 1. The fraction of sp³-hybridized carbons (Fsp3) is 0.200. The summed E-state index contributed by atoms with van der Waals surface area (Å²) in [7, 11) is 1.75. The number of carbonyl (C=O) groups is 1. The second-order valence-corrected chi connectivity index (χ2v) is 7.36. The van der Waals surface area contributed by atoms with E-state index in [4.69, 9.17) is 11.6 Å².